The summed E-state index contributed by atoms with van der Waals surface area (Å²) in [4.78, 5) is 11.6. The maximum atomic E-state index is 11.6. The lowest BCUT2D eigenvalue weighted by Crippen LogP contribution is -2.32. The Morgan fingerprint density at radius 2 is 2.00 bits per heavy atom. The van der Waals surface area contributed by atoms with Crippen LogP contribution in [0.3, 0.4) is 0 Å². The molecule has 19 heavy (non-hydrogen) atoms. The molecule has 0 aliphatic carbocycles. The third-order valence-corrected chi connectivity index (χ3v) is 3.83. The molecule has 1 atom stereocenters. The number of hydrogen-bond acceptors (Lipinski definition) is 3. The van der Waals surface area contributed by atoms with E-state index in [0.29, 0.717) is 5.25 Å². The molecule has 0 aromatic heterocycles. The predicted octanol–water partition coefficient (Wildman–Crippen LogP) is 3.34. The summed E-state index contributed by atoms with van der Waals surface area (Å²) in [6.45, 7) is 8.08. The summed E-state index contributed by atoms with van der Waals surface area (Å²) in [5.74, 6) is 0.817. The zero-order chi connectivity index (χ0) is 13.7. The van der Waals surface area contributed by atoms with Crippen LogP contribution in [0.15, 0.2) is 18.2 Å². The molecule has 0 unspecified atom stereocenters. The summed E-state index contributed by atoms with van der Waals surface area (Å²) in [6.07, 6.45) is 0. The fraction of sp³-hybridized carbons (Fsp3) is 0.500. The molecule has 0 aliphatic rings. The number of nitrogens with one attached hydrogen (secondary N) is 1. The first-order chi connectivity index (χ1) is 8.41. The lowest BCUT2D eigenvalue weighted by atomic mass is 10.1. The van der Waals surface area contributed by atoms with E-state index in [1.54, 1.807) is 6.92 Å². The van der Waals surface area contributed by atoms with Crippen LogP contribution in [0.5, 0.6) is 0 Å². The normalized spacial score (nSPS) is 11.9. The molecular formula is C14H23ClN2OS. The SMILES string of the molecule is Cc1c(CSC(C)C)cccc1NC(=O)[C@H](C)N.Cl. The summed E-state index contributed by atoms with van der Waals surface area (Å²) in [5.41, 5.74) is 8.80. The van der Waals surface area contributed by atoms with Crippen molar-refractivity contribution in [2.24, 2.45) is 5.73 Å². The second-order valence-corrected chi connectivity index (χ2v) is 6.29. The standard InChI is InChI=1S/C14H22N2OS.ClH/c1-9(2)18-8-12-6-5-7-13(10(12)3)16-14(17)11(4)15;/h5-7,9,11H,8,15H2,1-4H3,(H,16,17);1H/t11-;/m0./s1. The van der Waals surface area contributed by atoms with Crippen LogP contribution in [0.1, 0.15) is 31.9 Å². The number of carbonyl (C=O) groups is 1. The van der Waals surface area contributed by atoms with E-state index < -0.39 is 6.04 Å². The monoisotopic (exact) mass is 302 g/mol. The van der Waals surface area contributed by atoms with Gasteiger partial charge in [-0.15, -0.1) is 12.4 Å². The van der Waals surface area contributed by atoms with E-state index in [1.807, 2.05) is 30.8 Å². The van der Waals surface area contributed by atoms with Crippen molar-refractivity contribution in [2.45, 2.75) is 44.7 Å². The highest BCUT2D eigenvalue weighted by atomic mass is 35.5. The third-order valence-electron chi connectivity index (χ3n) is 2.69. The Labute approximate surface area is 126 Å². The van der Waals surface area contributed by atoms with Crippen LogP contribution in [0.4, 0.5) is 5.69 Å². The minimum atomic E-state index is -0.488. The molecule has 0 heterocycles. The smallest absolute Gasteiger partial charge is 0.241 e. The van der Waals surface area contributed by atoms with Crippen molar-refractivity contribution >= 4 is 35.8 Å². The number of amides is 1. The lowest BCUT2D eigenvalue weighted by molar-refractivity contribution is -0.117. The second-order valence-electron chi connectivity index (χ2n) is 4.73. The number of hydrogen-bond donors (Lipinski definition) is 2. The van der Waals surface area contributed by atoms with Gasteiger partial charge in [-0.1, -0.05) is 26.0 Å². The van der Waals surface area contributed by atoms with Crippen molar-refractivity contribution in [3.05, 3.63) is 29.3 Å². The molecule has 1 aromatic rings. The zero-order valence-corrected chi connectivity index (χ0v) is 13.5. The summed E-state index contributed by atoms with van der Waals surface area (Å²) >= 11 is 1.90. The number of rotatable bonds is 5. The van der Waals surface area contributed by atoms with Crippen molar-refractivity contribution in [3.8, 4) is 0 Å². The van der Waals surface area contributed by atoms with Gasteiger partial charge in [0.25, 0.3) is 0 Å². The van der Waals surface area contributed by atoms with Gasteiger partial charge in [0.05, 0.1) is 6.04 Å². The van der Waals surface area contributed by atoms with E-state index >= 15 is 0 Å². The van der Waals surface area contributed by atoms with E-state index in [-0.39, 0.29) is 18.3 Å². The van der Waals surface area contributed by atoms with Gasteiger partial charge in [0.2, 0.25) is 5.91 Å². The van der Waals surface area contributed by atoms with Crippen LogP contribution < -0.4 is 11.1 Å². The van der Waals surface area contributed by atoms with Gasteiger partial charge in [0.1, 0.15) is 0 Å². The highest BCUT2D eigenvalue weighted by Gasteiger charge is 2.10. The number of nitrogens with two attached hydrogens (primary N) is 1. The van der Waals surface area contributed by atoms with E-state index in [4.69, 9.17) is 5.73 Å². The van der Waals surface area contributed by atoms with Crippen LogP contribution in [-0.4, -0.2) is 17.2 Å². The van der Waals surface area contributed by atoms with Crippen LogP contribution >= 0.6 is 24.2 Å². The van der Waals surface area contributed by atoms with Gasteiger partial charge in [-0.3, -0.25) is 4.79 Å². The summed E-state index contributed by atoms with van der Waals surface area (Å²) in [7, 11) is 0. The van der Waals surface area contributed by atoms with Gasteiger partial charge >= 0.3 is 0 Å². The van der Waals surface area contributed by atoms with Gasteiger partial charge < -0.3 is 11.1 Å². The number of anilines is 1. The van der Waals surface area contributed by atoms with Crippen LogP contribution in [0, 0.1) is 6.92 Å². The maximum absolute atomic E-state index is 11.6. The minimum Gasteiger partial charge on any atom is -0.324 e. The molecule has 0 fully saturated rings. The van der Waals surface area contributed by atoms with Gasteiger partial charge in [0, 0.05) is 11.4 Å². The average Bonchev–Trinajstić information content (AvgIpc) is 2.29. The summed E-state index contributed by atoms with van der Waals surface area (Å²) in [5, 5.41) is 3.47. The van der Waals surface area contributed by atoms with Crippen LogP contribution in [0.25, 0.3) is 0 Å². The van der Waals surface area contributed by atoms with Crippen molar-refractivity contribution < 1.29 is 4.79 Å². The van der Waals surface area contributed by atoms with Gasteiger partial charge in [-0.05, 0) is 36.3 Å². The first kappa shape index (κ1) is 18.3. The molecule has 5 heteroatoms. The minimum absolute atomic E-state index is 0. The zero-order valence-electron chi connectivity index (χ0n) is 11.9. The highest BCUT2D eigenvalue weighted by molar-refractivity contribution is 7.99. The lowest BCUT2D eigenvalue weighted by Gasteiger charge is -2.14. The van der Waals surface area contributed by atoms with Crippen LogP contribution in [-0.2, 0) is 10.5 Å². The van der Waals surface area contributed by atoms with Crippen LogP contribution in [0.2, 0.25) is 0 Å². The Morgan fingerprint density at radius 3 is 2.53 bits per heavy atom. The largest absolute Gasteiger partial charge is 0.324 e. The maximum Gasteiger partial charge on any atom is 0.241 e. The quantitative estimate of drug-likeness (QED) is 0.877. The Bertz CT molecular complexity index is 422. The Hall–Kier alpha value is -0.710. The molecular weight excluding hydrogens is 280 g/mol. The molecule has 0 spiro atoms. The molecule has 3 nitrogen and oxygen atoms in total. The van der Waals surface area contributed by atoms with Crippen molar-refractivity contribution in [2.75, 3.05) is 5.32 Å². The highest BCUT2D eigenvalue weighted by Crippen LogP contribution is 2.24. The van der Waals surface area contributed by atoms with Gasteiger partial charge in [0.15, 0.2) is 0 Å². The molecule has 0 aliphatic heterocycles. The second kappa shape index (κ2) is 8.46. The number of benzene rings is 1. The van der Waals surface area contributed by atoms with Crippen molar-refractivity contribution in [1.29, 1.82) is 0 Å². The fourth-order valence-corrected chi connectivity index (χ4v) is 2.30. The van der Waals surface area contributed by atoms with E-state index in [2.05, 4.69) is 25.2 Å². The van der Waals surface area contributed by atoms with E-state index in [1.165, 1.54) is 5.56 Å². The molecule has 1 aromatic carbocycles. The average molecular weight is 303 g/mol. The van der Waals surface area contributed by atoms with Crippen molar-refractivity contribution in [1.82, 2.24) is 0 Å². The molecule has 1 amide bonds. The first-order valence-corrected chi connectivity index (χ1v) is 7.23. The molecule has 0 saturated carbocycles. The summed E-state index contributed by atoms with van der Waals surface area (Å²) < 4.78 is 0. The fourth-order valence-electron chi connectivity index (χ4n) is 1.48. The topological polar surface area (TPSA) is 55.1 Å². The van der Waals surface area contributed by atoms with Crippen molar-refractivity contribution in [3.63, 3.8) is 0 Å². The van der Waals surface area contributed by atoms with Gasteiger partial charge in [-0.25, -0.2) is 0 Å². The van der Waals surface area contributed by atoms with E-state index in [9.17, 15) is 4.79 Å². The molecule has 0 saturated heterocycles. The molecule has 3 N–H and O–H groups in total. The Kier molecular flexibility index (Phi) is 8.14. The number of carbonyl (C=O) groups excluding carboxylic acids is 1. The van der Waals surface area contributed by atoms with E-state index in [0.717, 1.165) is 17.0 Å². The number of halogens is 1. The first-order valence-electron chi connectivity index (χ1n) is 6.18. The molecule has 0 radical (unpaired) electrons. The number of thioether (sulfide) groups is 1. The molecule has 1 rings (SSSR count). The summed E-state index contributed by atoms with van der Waals surface area (Å²) in [6, 6.07) is 5.50. The molecule has 0 bridgehead atoms. The van der Waals surface area contributed by atoms with Gasteiger partial charge in [-0.2, -0.15) is 11.8 Å². The predicted molar refractivity (Wildman–Crippen MR) is 87.1 cm³/mol. The Balaban J connectivity index is 0.00000324. The molecule has 108 valence electrons. The third kappa shape index (κ3) is 5.85. The Morgan fingerprint density at radius 1 is 1.37 bits per heavy atom.